The number of hydrogen-bond acceptors (Lipinski definition) is 6. The molecule has 0 fully saturated rings. The fraction of sp³-hybridized carbons (Fsp3) is 0.115. The SMILES string of the molecule is COC1(c2ccccc2C(S(=O)(=O)c2ccccc2)S(=O)(=O)c2ccccc2)C=CC(=O)C=C1. The highest BCUT2D eigenvalue weighted by atomic mass is 32.3. The smallest absolute Gasteiger partial charge is 0.200 e. The highest BCUT2D eigenvalue weighted by Gasteiger charge is 2.45. The zero-order valence-corrected chi connectivity index (χ0v) is 19.9. The van der Waals surface area contributed by atoms with Gasteiger partial charge in [-0.05, 0) is 59.7 Å². The van der Waals surface area contributed by atoms with E-state index in [1.54, 1.807) is 54.6 Å². The molecule has 0 N–H and O–H groups in total. The van der Waals surface area contributed by atoms with Crippen molar-refractivity contribution in [2.45, 2.75) is 20.0 Å². The first kappa shape index (κ1) is 23.8. The van der Waals surface area contributed by atoms with Crippen LogP contribution in [0.15, 0.2) is 119 Å². The maximum absolute atomic E-state index is 13.9. The van der Waals surface area contributed by atoms with E-state index in [1.165, 1.54) is 61.7 Å². The number of rotatable bonds is 7. The summed E-state index contributed by atoms with van der Waals surface area (Å²) in [6, 6.07) is 21.3. The van der Waals surface area contributed by atoms with Gasteiger partial charge in [-0.25, -0.2) is 16.8 Å². The van der Waals surface area contributed by atoms with Crippen molar-refractivity contribution >= 4 is 25.5 Å². The summed E-state index contributed by atoms with van der Waals surface area (Å²) in [4.78, 5) is 11.5. The molecule has 0 atom stereocenters. The van der Waals surface area contributed by atoms with Crippen LogP contribution in [0.5, 0.6) is 0 Å². The lowest BCUT2D eigenvalue weighted by molar-refractivity contribution is -0.110. The molecule has 1 aliphatic carbocycles. The summed E-state index contributed by atoms with van der Waals surface area (Å²) in [6.07, 6.45) is 5.62. The summed E-state index contributed by atoms with van der Waals surface area (Å²) in [5, 5.41) is 0. The number of sulfone groups is 2. The Morgan fingerprint density at radius 3 is 1.59 bits per heavy atom. The van der Waals surface area contributed by atoms with Gasteiger partial charge in [0, 0.05) is 7.11 Å². The van der Waals surface area contributed by atoms with Crippen LogP contribution in [0, 0.1) is 0 Å². The molecule has 6 nitrogen and oxygen atoms in total. The number of benzene rings is 3. The predicted molar refractivity (Wildman–Crippen MR) is 128 cm³/mol. The van der Waals surface area contributed by atoms with Crippen LogP contribution in [0.1, 0.15) is 15.7 Å². The molecule has 0 unspecified atom stereocenters. The molecule has 0 heterocycles. The van der Waals surface area contributed by atoms with E-state index in [0.717, 1.165) is 0 Å². The van der Waals surface area contributed by atoms with Crippen LogP contribution in [0.25, 0.3) is 0 Å². The van der Waals surface area contributed by atoms with E-state index in [2.05, 4.69) is 0 Å². The number of carbonyl (C=O) groups is 1. The average Bonchev–Trinajstić information content (AvgIpc) is 2.86. The van der Waals surface area contributed by atoms with Crippen LogP contribution in [-0.2, 0) is 34.8 Å². The second-order valence-electron chi connectivity index (χ2n) is 7.70. The monoisotopic (exact) mass is 494 g/mol. The lowest BCUT2D eigenvalue weighted by Crippen LogP contribution is -2.31. The van der Waals surface area contributed by atoms with Gasteiger partial charge in [-0.15, -0.1) is 0 Å². The van der Waals surface area contributed by atoms with Gasteiger partial charge < -0.3 is 4.74 Å². The molecule has 4 rings (SSSR count). The Morgan fingerprint density at radius 1 is 0.676 bits per heavy atom. The molecule has 8 heteroatoms. The topological polar surface area (TPSA) is 94.6 Å². The number of methoxy groups -OCH3 is 1. The van der Waals surface area contributed by atoms with Crippen molar-refractivity contribution in [1.82, 2.24) is 0 Å². The van der Waals surface area contributed by atoms with E-state index in [9.17, 15) is 21.6 Å². The molecule has 0 saturated heterocycles. The van der Waals surface area contributed by atoms with Gasteiger partial charge >= 0.3 is 0 Å². The maximum Gasteiger partial charge on any atom is 0.200 e. The number of hydrogen-bond donors (Lipinski definition) is 0. The molecule has 0 amide bonds. The fourth-order valence-electron chi connectivity index (χ4n) is 3.98. The zero-order valence-electron chi connectivity index (χ0n) is 18.2. The quantitative estimate of drug-likeness (QED) is 0.489. The van der Waals surface area contributed by atoms with Crippen molar-refractivity contribution < 1.29 is 26.4 Å². The standard InChI is InChI=1S/C26H22O6S2/c1-32-26(18-16-20(27)17-19-26)24-15-9-8-14-23(24)25(33(28,29)21-10-4-2-5-11-21)34(30,31)22-12-6-3-7-13-22/h2-19,25H,1H3. The van der Waals surface area contributed by atoms with E-state index in [1.807, 2.05) is 0 Å². The molecule has 0 radical (unpaired) electrons. The Balaban J connectivity index is 2.04. The number of ether oxygens (including phenoxy) is 1. The molecule has 3 aromatic carbocycles. The minimum atomic E-state index is -4.43. The summed E-state index contributed by atoms with van der Waals surface area (Å²) in [5.74, 6) is -0.254. The minimum Gasteiger partial charge on any atom is -0.365 e. The van der Waals surface area contributed by atoms with Crippen molar-refractivity contribution in [3.05, 3.63) is 120 Å². The Morgan fingerprint density at radius 2 is 1.12 bits per heavy atom. The number of carbonyl (C=O) groups excluding carboxylic acids is 1. The molecule has 0 bridgehead atoms. The summed E-state index contributed by atoms with van der Waals surface area (Å²) in [7, 11) is -7.44. The summed E-state index contributed by atoms with van der Waals surface area (Å²) in [6.45, 7) is 0. The van der Waals surface area contributed by atoms with Gasteiger partial charge in [0.2, 0.25) is 0 Å². The van der Waals surface area contributed by atoms with Crippen LogP contribution in [0.2, 0.25) is 0 Å². The number of allylic oxidation sites excluding steroid dienone is 2. The molecule has 174 valence electrons. The molecular formula is C26H22O6S2. The second kappa shape index (κ2) is 9.13. The third-order valence-electron chi connectivity index (χ3n) is 5.67. The Bertz CT molecular complexity index is 1390. The van der Waals surface area contributed by atoms with E-state index in [0.29, 0.717) is 5.56 Å². The molecule has 1 aliphatic rings. The van der Waals surface area contributed by atoms with Gasteiger partial charge in [0.15, 0.2) is 30.0 Å². The van der Waals surface area contributed by atoms with E-state index >= 15 is 0 Å². The van der Waals surface area contributed by atoms with Crippen molar-refractivity contribution in [3.63, 3.8) is 0 Å². The Labute approximate surface area is 199 Å². The van der Waals surface area contributed by atoms with Crippen molar-refractivity contribution in [3.8, 4) is 0 Å². The van der Waals surface area contributed by atoms with Crippen molar-refractivity contribution in [2.24, 2.45) is 0 Å². The molecular weight excluding hydrogens is 472 g/mol. The molecule has 0 aliphatic heterocycles. The van der Waals surface area contributed by atoms with E-state index in [4.69, 9.17) is 4.74 Å². The van der Waals surface area contributed by atoms with Gasteiger partial charge in [-0.2, -0.15) is 0 Å². The summed E-state index contributed by atoms with van der Waals surface area (Å²) >= 11 is 0. The molecule has 0 saturated carbocycles. The first-order chi connectivity index (χ1) is 16.2. The Kier molecular flexibility index (Phi) is 6.40. The summed E-state index contributed by atoms with van der Waals surface area (Å²) < 4.78 is 59.5. The lowest BCUT2D eigenvalue weighted by Gasteiger charge is -2.32. The third kappa shape index (κ3) is 4.16. The summed E-state index contributed by atoms with van der Waals surface area (Å²) in [5.41, 5.74) is -0.969. The van der Waals surface area contributed by atoms with Crippen molar-refractivity contribution in [1.29, 1.82) is 0 Å². The third-order valence-corrected chi connectivity index (χ3v) is 10.7. The largest absolute Gasteiger partial charge is 0.365 e. The van der Waals surface area contributed by atoms with Gasteiger partial charge in [0.1, 0.15) is 5.60 Å². The van der Waals surface area contributed by atoms with Gasteiger partial charge in [0.05, 0.1) is 9.79 Å². The first-order valence-corrected chi connectivity index (χ1v) is 13.5. The van der Waals surface area contributed by atoms with Crippen LogP contribution >= 0.6 is 0 Å². The zero-order chi connectivity index (χ0) is 24.4. The van der Waals surface area contributed by atoms with Gasteiger partial charge in [-0.3, -0.25) is 4.79 Å². The maximum atomic E-state index is 13.9. The Hall–Kier alpha value is -3.33. The second-order valence-corrected chi connectivity index (χ2v) is 12.1. The molecule has 3 aromatic rings. The fourth-order valence-corrected chi connectivity index (χ4v) is 8.62. The van der Waals surface area contributed by atoms with Crippen LogP contribution < -0.4 is 0 Å². The first-order valence-electron chi connectivity index (χ1n) is 10.4. The molecule has 0 aromatic heterocycles. The minimum absolute atomic E-state index is 0.0423. The van der Waals surface area contributed by atoms with Crippen molar-refractivity contribution in [2.75, 3.05) is 7.11 Å². The van der Waals surface area contributed by atoms with Crippen LogP contribution in [0.4, 0.5) is 0 Å². The normalized spacial score (nSPS) is 15.5. The molecule has 34 heavy (non-hydrogen) atoms. The highest BCUT2D eigenvalue weighted by Crippen LogP contribution is 2.43. The van der Waals surface area contributed by atoms with E-state index < -0.39 is 29.9 Å². The predicted octanol–water partition coefficient (Wildman–Crippen LogP) is 4.17. The van der Waals surface area contributed by atoms with E-state index in [-0.39, 0.29) is 21.1 Å². The van der Waals surface area contributed by atoms with Crippen LogP contribution in [-0.4, -0.2) is 29.7 Å². The van der Waals surface area contributed by atoms with Crippen LogP contribution in [0.3, 0.4) is 0 Å². The lowest BCUT2D eigenvalue weighted by atomic mass is 9.86. The van der Waals surface area contributed by atoms with Gasteiger partial charge in [-0.1, -0.05) is 60.7 Å². The average molecular weight is 495 g/mol. The van der Waals surface area contributed by atoms with Gasteiger partial charge in [0.25, 0.3) is 0 Å². The molecule has 0 spiro atoms. The highest BCUT2D eigenvalue weighted by molar-refractivity contribution is 8.08. The number of ketones is 1.